The predicted molar refractivity (Wildman–Crippen MR) is 84.4 cm³/mol. The van der Waals surface area contributed by atoms with Crippen LogP contribution in [0.2, 0.25) is 5.02 Å². The monoisotopic (exact) mass is 366 g/mol. The number of hydrogen-bond donors (Lipinski definition) is 2. The van der Waals surface area contributed by atoms with Gasteiger partial charge >= 0.3 is 5.97 Å². The van der Waals surface area contributed by atoms with Crippen LogP contribution in [0.4, 0.5) is 4.39 Å². The number of morpholine rings is 1. The zero-order chi connectivity index (χ0) is 16.1. The molecule has 9 heteroatoms. The van der Waals surface area contributed by atoms with Gasteiger partial charge in [0, 0.05) is 13.1 Å². The van der Waals surface area contributed by atoms with E-state index in [1.54, 1.807) is 6.07 Å². The van der Waals surface area contributed by atoms with Gasteiger partial charge in [0.05, 0.1) is 24.3 Å². The van der Waals surface area contributed by atoms with Gasteiger partial charge in [-0.3, -0.25) is 14.5 Å². The van der Waals surface area contributed by atoms with E-state index in [1.807, 2.05) is 4.90 Å². The minimum Gasteiger partial charge on any atom is -0.480 e. The molecule has 0 bridgehead atoms. The highest BCUT2D eigenvalue weighted by Gasteiger charge is 2.24. The lowest BCUT2D eigenvalue weighted by molar-refractivity contribution is -0.138. The van der Waals surface area contributed by atoms with Gasteiger partial charge in [0.1, 0.15) is 12.4 Å². The first-order chi connectivity index (χ1) is 10.5. The summed E-state index contributed by atoms with van der Waals surface area (Å²) in [6.07, 6.45) is -0.306. The Labute approximate surface area is 144 Å². The van der Waals surface area contributed by atoms with Gasteiger partial charge in [0.15, 0.2) is 0 Å². The van der Waals surface area contributed by atoms with Crippen LogP contribution in [0.25, 0.3) is 0 Å². The van der Waals surface area contributed by atoms with Crippen LogP contribution in [0.1, 0.15) is 11.7 Å². The van der Waals surface area contributed by atoms with Crippen molar-refractivity contribution in [3.8, 4) is 0 Å². The predicted octanol–water partition coefficient (Wildman–Crippen LogP) is 1.47. The number of benzene rings is 1. The summed E-state index contributed by atoms with van der Waals surface area (Å²) < 4.78 is 18.8. The molecule has 0 saturated carbocycles. The molecule has 0 spiro atoms. The molecule has 2 N–H and O–H groups in total. The minimum atomic E-state index is -1.09. The number of hydrogen-bond acceptors (Lipinski definition) is 4. The van der Waals surface area contributed by atoms with Crippen LogP contribution in [0, 0.1) is 5.82 Å². The second-order valence-electron chi connectivity index (χ2n) is 4.94. The Kier molecular flexibility index (Phi) is 7.70. The molecule has 1 aromatic rings. The number of carbonyl (C=O) groups is 2. The van der Waals surface area contributed by atoms with Crippen LogP contribution in [-0.2, 0) is 14.3 Å². The Bertz CT molecular complexity index is 574. The van der Waals surface area contributed by atoms with Crippen LogP contribution < -0.4 is 5.32 Å². The molecule has 2 rings (SSSR count). The number of carboxylic acid groups (broad SMARTS) is 1. The summed E-state index contributed by atoms with van der Waals surface area (Å²) >= 11 is 5.76. The van der Waals surface area contributed by atoms with E-state index in [0.29, 0.717) is 19.7 Å². The fourth-order valence-corrected chi connectivity index (χ4v) is 2.38. The number of nitrogens with zero attached hydrogens (tertiary/aromatic N) is 1. The average molecular weight is 367 g/mol. The van der Waals surface area contributed by atoms with Crippen molar-refractivity contribution in [2.75, 3.05) is 32.8 Å². The van der Waals surface area contributed by atoms with Crippen molar-refractivity contribution in [1.29, 1.82) is 0 Å². The molecule has 0 aliphatic carbocycles. The number of carbonyl (C=O) groups excluding carboxylic acids is 1. The lowest BCUT2D eigenvalue weighted by atomic mass is 10.1. The van der Waals surface area contributed by atoms with Crippen molar-refractivity contribution >= 4 is 35.9 Å². The topological polar surface area (TPSA) is 78.9 Å². The van der Waals surface area contributed by atoms with Crippen LogP contribution >= 0.6 is 24.0 Å². The fraction of sp³-hybridized carbons (Fsp3) is 0.429. The maximum atomic E-state index is 13.2. The highest BCUT2D eigenvalue weighted by atomic mass is 35.5. The number of nitrogens with one attached hydrogen (secondary N) is 1. The van der Waals surface area contributed by atoms with Crippen LogP contribution in [0.3, 0.4) is 0 Å². The summed E-state index contributed by atoms with van der Waals surface area (Å²) in [4.78, 5) is 23.9. The highest BCUT2D eigenvalue weighted by molar-refractivity contribution is 6.30. The van der Waals surface area contributed by atoms with Gasteiger partial charge in [-0.25, -0.2) is 4.39 Å². The van der Waals surface area contributed by atoms with Crippen molar-refractivity contribution in [2.24, 2.45) is 0 Å². The van der Waals surface area contributed by atoms with E-state index in [-0.39, 0.29) is 36.0 Å². The SMILES string of the molecule is Cl.O=C(O)CNC(=O)CN1CCOC(c2ccc(F)c(Cl)c2)C1. The maximum Gasteiger partial charge on any atom is 0.322 e. The second-order valence-corrected chi connectivity index (χ2v) is 5.35. The molecule has 1 aliphatic heterocycles. The standard InChI is InChI=1S/C14H16ClFN2O4.ClH/c15-10-5-9(1-2-11(10)16)12-7-18(3-4-22-12)8-13(19)17-6-14(20)21;/h1-2,5,12H,3-4,6-8H2,(H,17,19)(H,20,21);1H. The summed E-state index contributed by atoms with van der Waals surface area (Å²) in [6, 6.07) is 4.38. The van der Waals surface area contributed by atoms with Crippen molar-refractivity contribution in [1.82, 2.24) is 10.2 Å². The van der Waals surface area contributed by atoms with Crippen molar-refractivity contribution in [2.45, 2.75) is 6.10 Å². The summed E-state index contributed by atoms with van der Waals surface area (Å²) in [5.41, 5.74) is 0.738. The van der Waals surface area contributed by atoms with Gasteiger partial charge in [-0.15, -0.1) is 12.4 Å². The van der Waals surface area contributed by atoms with Crippen LogP contribution in [0.5, 0.6) is 0 Å². The summed E-state index contributed by atoms with van der Waals surface area (Å²) in [5.74, 6) is -1.94. The fourth-order valence-electron chi connectivity index (χ4n) is 2.19. The molecule has 1 aliphatic rings. The molecule has 0 radical (unpaired) electrons. The average Bonchev–Trinajstić information content (AvgIpc) is 2.48. The number of amides is 1. The molecule has 1 amide bonds. The Balaban J connectivity index is 0.00000264. The second kappa shape index (κ2) is 9.02. The number of rotatable bonds is 5. The van der Waals surface area contributed by atoms with E-state index in [0.717, 1.165) is 5.56 Å². The van der Waals surface area contributed by atoms with Crippen LogP contribution in [0.15, 0.2) is 18.2 Å². The Morgan fingerprint density at radius 1 is 1.48 bits per heavy atom. The summed E-state index contributed by atoms with van der Waals surface area (Å²) in [6.45, 7) is 1.11. The maximum absolute atomic E-state index is 13.2. The highest BCUT2D eigenvalue weighted by Crippen LogP contribution is 2.26. The molecule has 1 fully saturated rings. The van der Waals surface area contributed by atoms with E-state index >= 15 is 0 Å². The van der Waals surface area contributed by atoms with Gasteiger partial charge in [0.25, 0.3) is 0 Å². The summed E-state index contributed by atoms with van der Waals surface area (Å²) in [5, 5.41) is 10.9. The molecule has 6 nitrogen and oxygen atoms in total. The Morgan fingerprint density at radius 3 is 2.87 bits per heavy atom. The molecule has 128 valence electrons. The molecular weight excluding hydrogens is 350 g/mol. The molecule has 1 saturated heterocycles. The number of carboxylic acids is 1. The van der Waals surface area contributed by atoms with Gasteiger partial charge in [-0.05, 0) is 17.7 Å². The largest absolute Gasteiger partial charge is 0.480 e. The normalized spacial score (nSPS) is 18.1. The zero-order valence-corrected chi connectivity index (χ0v) is 13.7. The molecular formula is C14H17Cl2FN2O4. The molecule has 0 aromatic heterocycles. The lowest BCUT2D eigenvalue weighted by Crippen LogP contribution is -2.45. The first-order valence-electron chi connectivity index (χ1n) is 6.73. The smallest absolute Gasteiger partial charge is 0.322 e. The Hall–Kier alpha value is -1.41. The number of halogens is 3. The Morgan fingerprint density at radius 2 is 2.22 bits per heavy atom. The van der Waals surface area contributed by atoms with E-state index in [4.69, 9.17) is 21.4 Å². The first kappa shape index (κ1) is 19.6. The third-order valence-corrected chi connectivity index (χ3v) is 3.56. The number of aliphatic carboxylic acids is 1. The van der Waals surface area contributed by atoms with Gasteiger partial charge in [0.2, 0.25) is 5.91 Å². The lowest BCUT2D eigenvalue weighted by Gasteiger charge is -2.32. The minimum absolute atomic E-state index is 0. The van der Waals surface area contributed by atoms with E-state index in [2.05, 4.69) is 5.32 Å². The van der Waals surface area contributed by atoms with Crippen molar-refractivity contribution < 1.29 is 23.8 Å². The van der Waals surface area contributed by atoms with E-state index in [9.17, 15) is 14.0 Å². The zero-order valence-electron chi connectivity index (χ0n) is 12.1. The first-order valence-corrected chi connectivity index (χ1v) is 7.11. The van der Waals surface area contributed by atoms with Gasteiger partial charge in [-0.2, -0.15) is 0 Å². The quantitative estimate of drug-likeness (QED) is 0.824. The van der Waals surface area contributed by atoms with Gasteiger partial charge < -0.3 is 15.2 Å². The van der Waals surface area contributed by atoms with E-state index < -0.39 is 18.3 Å². The van der Waals surface area contributed by atoms with Crippen molar-refractivity contribution in [3.05, 3.63) is 34.6 Å². The molecule has 1 heterocycles. The molecule has 1 atom stereocenters. The third kappa shape index (κ3) is 5.95. The molecule has 1 unspecified atom stereocenters. The third-order valence-electron chi connectivity index (χ3n) is 3.27. The van der Waals surface area contributed by atoms with Crippen molar-refractivity contribution in [3.63, 3.8) is 0 Å². The van der Waals surface area contributed by atoms with E-state index in [1.165, 1.54) is 12.1 Å². The van der Waals surface area contributed by atoms with Gasteiger partial charge in [-0.1, -0.05) is 17.7 Å². The number of ether oxygens (including phenoxy) is 1. The molecule has 23 heavy (non-hydrogen) atoms. The molecule has 1 aromatic carbocycles. The summed E-state index contributed by atoms with van der Waals surface area (Å²) in [7, 11) is 0. The van der Waals surface area contributed by atoms with Crippen LogP contribution in [-0.4, -0.2) is 54.7 Å².